The van der Waals surface area contributed by atoms with E-state index < -0.39 is 0 Å². The third kappa shape index (κ3) is 3.58. The van der Waals surface area contributed by atoms with Gasteiger partial charge in [-0.15, -0.1) is 0 Å². The average Bonchev–Trinajstić information content (AvgIpc) is 2.31. The zero-order valence-corrected chi connectivity index (χ0v) is 10.3. The normalized spacial score (nSPS) is 13.9. The van der Waals surface area contributed by atoms with Crippen LogP contribution in [0.2, 0.25) is 0 Å². The van der Waals surface area contributed by atoms with Crippen molar-refractivity contribution < 1.29 is 0 Å². The fraction of sp³-hybridized carbons (Fsp3) is 0.500. The molecular weight excluding hydrogens is 196 g/mol. The van der Waals surface area contributed by atoms with Gasteiger partial charge < -0.3 is 5.32 Å². The molecule has 2 heteroatoms. The molecule has 0 amide bonds. The van der Waals surface area contributed by atoms with Crippen molar-refractivity contribution in [2.24, 2.45) is 5.92 Å². The Morgan fingerprint density at radius 3 is 2.38 bits per heavy atom. The minimum Gasteiger partial charge on any atom is -0.382 e. The van der Waals surface area contributed by atoms with Crippen LogP contribution in [0.15, 0.2) is 24.3 Å². The predicted octanol–water partition coefficient (Wildman–Crippen LogP) is 3.60. The van der Waals surface area contributed by atoms with E-state index >= 15 is 0 Å². The summed E-state index contributed by atoms with van der Waals surface area (Å²) >= 11 is 0. The lowest BCUT2D eigenvalue weighted by molar-refractivity contribution is 0.494. The monoisotopic (exact) mass is 216 g/mol. The van der Waals surface area contributed by atoms with Gasteiger partial charge in [-0.05, 0) is 30.5 Å². The molecule has 0 bridgehead atoms. The molecule has 0 spiro atoms. The maximum absolute atomic E-state index is 8.57. The summed E-state index contributed by atoms with van der Waals surface area (Å²) in [6, 6.07) is 10.7. The lowest BCUT2D eigenvalue weighted by atomic mass is 10.0. The molecule has 0 aliphatic heterocycles. The Kier molecular flexibility index (Phi) is 4.85. The Labute approximate surface area is 98.3 Å². The van der Waals surface area contributed by atoms with Crippen LogP contribution in [0.25, 0.3) is 0 Å². The molecule has 2 nitrogen and oxygen atoms in total. The molecule has 0 aliphatic rings. The van der Waals surface area contributed by atoms with Crippen molar-refractivity contribution in [3.05, 3.63) is 29.8 Å². The van der Waals surface area contributed by atoms with E-state index in [9.17, 15) is 0 Å². The highest BCUT2D eigenvalue weighted by Crippen LogP contribution is 2.15. The molecule has 0 saturated heterocycles. The van der Waals surface area contributed by atoms with Crippen molar-refractivity contribution in [2.75, 3.05) is 5.32 Å². The fourth-order valence-electron chi connectivity index (χ4n) is 1.57. The van der Waals surface area contributed by atoms with Crippen molar-refractivity contribution in [3.8, 4) is 6.07 Å². The van der Waals surface area contributed by atoms with Crippen molar-refractivity contribution >= 4 is 5.69 Å². The molecule has 0 heterocycles. The van der Waals surface area contributed by atoms with Crippen LogP contribution < -0.4 is 5.32 Å². The van der Waals surface area contributed by atoms with Gasteiger partial charge in [-0.1, -0.05) is 32.4 Å². The summed E-state index contributed by atoms with van der Waals surface area (Å²) in [7, 11) is 0. The van der Waals surface area contributed by atoms with Crippen LogP contribution in [-0.2, 0) is 6.42 Å². The Balaban J connectivity index is 2.58. The molecule has 1 N–H and O–H groups in total. The molecule has 0 fully saturated rings. The lowest BCUT2D eigenvalue weighted by Crippen LogP contribution is -2.23. The zero-order chi connectivity index (χ0) is 12.0. The first-order valence-corrected chi connectivity index (χ1v) is 5.89. The van der Waals surface area contributed by atoms with E-state index in [1.807, 2.05) is 24.3 Å². The van der Waals surface area contributed by atoms with Crippen LogP contribution in [0.3, 0.4) is 0 Å². The van der Waals surface area contributed by atoms with Crippen LogP contribution in [0.4, 0.5) is 5.69 Å². The topological polar surface area (TPSA) is 35.8 Å². The number of rotatable bonds is 5. The molecule has 0 aromatic heterocycles. The summed E-state index contributed by atoms with van der Waals surface area (Å²) in [5, 5.41) is 12.1. The molecule has 0 radical (unpaired) electrons. The summed E-state index contributed by atoms with van der Waals surface area (Å²) in [4.78, 5) is 0. The first-order chi connectivity index (χ1) is 7.67. The van der Waals surface area contributed by atoms with E-state index in [4.69, 9.17) is 5.26 Å². The number of nitriles is 1. The third-order valence-corrected chi connectivity index (χ3v) is 3.13. The summed E-state index contributed by atoms with van der Waals surface area (Å²) in [5.74, 6) is 0.666. The second-order valence-electron chi connectivity index (χ2n) is 4.35. The molecule has 16 heavy (non-hydrogen) atoms. The van der Waals surface area contributed by atoms with Gasteiger partial charge in [-0.3, -0.25) is 0 Å². The van der Waals surface area contributed by atoms with Gasteiger partial charge in [0.2, 0.25) is 0 Å². The number of benzene rings is 1. The maximum Gasteiger partial charge on any atom is 0.0669 e. The first-order valence-electron chi connectivity index (χ1n) is 5.89. The largest absolute Gasteiger partial charge is 0.382 e. The van der Waals surface area contributed by atoms with E-state index in [1.54, 1.807) is 0 Å². The quantitative estimate of drug-likeness (QED) is 0.816. The second kappa shape index (κ2) is 6.17. The van der Waals surface area contributed by atoms with Gasteiger partial charge in [0, 0.05) is 11.7 Å². The van der Waals surface area contributed by atoms with Crippen molar-refractivity contribution in [1.29, 1.82) is 5.26 Å². The number of anilines is 1. The van der Waals surface area contributed by atoms with Crippen LogP contribution in [0, 0.1) is 17.2 Å². The summed E-state index contributed by atoms with van der Waals surface area (Å²) in [6.07, 6.45) is 1.67. The van der Waals surface area contributed by atoms with Gasteiger partial charge in [0.05, 0.1) is 12.5 Å². The highest BCUT2D eigenvalue weighted by Gasteiger charge is 2.09. The van der Waals surface area contributed by atoms with Crippen molar-refractivity contribution in [1.82, 2.24) is 0 Å². The smallest absolute Gasteiger partial charge is 0.0669 e. The van der Waals surface area contributed by atoms with E-state index in [0.29, 0.717) is 18.4 Å². The van der Waals surface area contributed by atoms with Crippen LogP contribution in [0.5, 0.6) is 0 Å². The molecule has 1 rings (SSSR count). The van der Waals surface area contributed by atoms with E-state index in [2.05, 4.69) is 32.2 Å². The van der Waals surface area contributed by atoms with Gasteiger partial charge in [0.25, 0.3) is 0 Å². The Bertz CT molecular complexity index is 348. The van der Waals surface area contributed by atoms with Gasteiger partial charge in [-0.25, -0.2) is 0 Å². The zero-order valence-electron chi connectivity index (χ0n) is 10.3. The molecular formula is C14H20N2. The van der Waals surface area contributed by atoms with Crippen molar-refractivity contribution in [2.45, 2.75) is 39.7 Å². The van der Waals surface area contributed by atoms with E-state index in [1.165, 1.54) is 6.42 Å². The van der Waals surface area contributed by atoms with Crippen LogP contribution in [-0.4, -0.2) is 6.04 Å². The lowest BCUT2D eigenvalue weighted by Gasteiger charge is -2.21. The number of nitrogens with zero attached hydrogens (tertiary/aromatic N) is 1. The second-order valence-corrected chi connectivity index (χ2v) is 4.35. The molecule has 86 valence electrons. The summed E-state index contributed by atoms with van der Waals surface area (Å²) in [5.41, 5.74) is 2.21. The molecule has 0 saturated carbocycles. The predicted molar refractivity (Wildman–Crippen MR) is 68.3 cm³/mol. The highest BCUT2D eigenvalue weighted by molar-refractivity contribution is 5.45. The fourth-order valence-corrected chi connectivity index (χ4v) is 1.57. The SMILES string of the molecule is CCC(C)C(C)Nc1ccc(CC#N)cc1. The van der Waals surface area contributed by atoms with E-state index in [0.717, 1.165) is 11.3 Å². The minimum atomic E-state index is 0.479. The number of hydrogen-bond donors (Lipinski definition) is 1. The minimum absolute atomic E-state index is 0.479. The Morgan fingerprint density at radius 1 is 1.25 bits per heavy atom. The molecule has 2 atom stereocenters. The maximum atomic E-state index is 8.57. The average molecular weight is 216 g/mol. The molecule has 0 aliphatic carbocycles. The van der Waals surface area contributed by atoms with Crippen LogP contribution in [0.1, 0.15) is 32.8 Å². The highest BCUT2D eigenvalue weighted by atomic mass is 14.9. The summed E-state index contributed by atoms with van der Waals surface area (Å²) < 4.78 is 0. The first kappa shape index (κ1) is 12.6. The standard InChI is InChI=1S/C14H20N2/c1-4-11(2)12(3)16-14-7-5-13(6-8-14)9-10-15/h5-8,11-12,16H,4,9H2,1-3H3. The Hall–Kier alpha value is -1.49. The van der Waals surface area contributed by atoms with Gasteiger partial charge >= 0.3 is 0 Å². The molecule has 2 unspecified atom stereocenters. The third-order valence-electron chi connectivity index (χ3n) is 3.13. The van der Waals surface area contributed by atoms with E-state index in [-0.39, 0.29) is 0 Å². The molecule has 1 aromatic rings. The van der Waals surface area contributed by atoms with Crippen molar-refractivity contribution in [3.63, 3.8) is 0 Å². The summed E-state index contributed by atoms with van der Waals surface area (Å²) in [6.45, 7) is 6.66. The van der Waals surface area contributed by atoms with Gasteiger partial charge in [-0.2, -0.15) is 5.26 Å². The molecule has 1 aromatic carbocycles. The number of hydrogen-bond acceptors (Lipinski definition) is 2. The van der Waals surface area contributed by atoms with Gasteiger partial charge in [0.15, 0.2) is 0 Å². The number of nitrogens with one attached hydrogen (secondary N) is 1. The van der Waals surface area contributed by atoms with Crippen LogP contribution >= 0.6 is 0 Å². The Morgan fingerprint density at radius 2 is 1.88 bits per heavy atom. The van der Waals surface area contributed by atoms with Gasteiger partial charge in [0.1, 0.15) is 0 Å².